The van der Waals surface area contributed by atoms with Gasteiger partial charge in [-0.1, -0.05) is 19.1 Å². The van der Waals surface area contributed by atoms with Gasteiger partial charge < -0.3 is 15.4 Å². The smallest absolute Gasteiger partial charge is 0.234 e. The number of ether oxygens (including phenoxy) is 1. The SMILES string of the molecule is CCCNCC(=O)NCCOc1cccc(C)c1. The molecule has 100 valence electrons. The first kappa shape index (κ1) is 14.5. The largest absolute Gasteiger partial charge is 0.492 e. The van der Waals surface area contributed by atoms with Crippen LogP contribution in [0.25, 0.3) is 0 Å². The number of hydrogen-bond donors (Lipinski definition) is 2. The molecule has 0 unspecified atom stereocenters. The minimum Gasteiger partial charge on any atom is -0.492 e. The molecule has 0 fully saturated rings. The molecule has 1 aromatic carbocycles. The van der Waals surface area contributed by atoms with Crippen LogP contribution in [0.5, 0.6) is 5.75 Å². The normalized spacial score (nSPS) is 10.1. The zero-order valence-corrected chi connectivity index (χ0v) is 11.2. The van der Waals surface area contributed by atoms with Crippen molar-refractivity contribution < 1.29 is 9.53 Å². The van der Waals surface area contributed by atoms with Gasteiger partial charge in [0.1, 0.15) is 12.4 Å². The van der Waals surface area contributed by atoms with Gasteiger partial charge in [-0.15, -0.1) is 0 Å². The molecule has 0 bridgehead atoms. The molecule has 0 atom stereocenters. The molecule has 2 N–H and O–H groups in total. The Bertz CT molecular complexity index is 367. The maximum Gasteiger partial charge on any atom is 0.234 e. The van der Waals surface area contributed by atoms with Crippen LogP contribution in [0, 0.1) is 6.92 Å². The summed E-state index contributed by atoms with van der Waals surface area (Å²) in [5.74, 6) is 0.852. The van der Waals surface area contributed by atoms with Crippen molar-refractivity contribution in [3.05, 3.63) is 29.8 Å². The third-order valence-electron chi connectivity index (χ3n) is 2.39. The standard InChI is InChI=1S/C14H22N2O2/c1-3-7-15-11-14(17)16-8-9-18-13-6-4-5-12(2)10-13/h4-6,10,15H,3,7-9,11H2,1-2H3,(H,16,17). The summed E-state index contributed by atoms with van der Waals surface area (Å²) >= 11 is 0. The van der Waals surface area contributed by atoms with Crippen molar-refractivity contribution in [1.82, 2.24) is 10.6 Å². The maximum atomic E-state index is 11.4. The van der Waals surface area contributed by atoms with E-state index in [2.05, 4.69) is 17.6 Å². The first-order valence-corrected chi connectivity index (χ1v) is 6.39. The highest BCUT2D eigenvalue weighted by molar-refractivity contribution is 5.77. The van der Waals surface area contributed by atoms with Gasteiger partial charge in [0.15, 0.2) is 0 Å². The molecule has 4 heteroatoms. The molecule has 1 aromatic rings. The fourth-order valence-corrected chi connectivity index (χ4v) is 1.51. The van der Waals surface area contributed by atoms with E-state index in [1.807, 2.05) is 31.2 Å². The lowest BCUT2D eigenvalue weighted by molar-refractivity contribution is -0.120. The summed E-state index contributed by atoms with van der Waals surface area (Å²) in [6.45, 7) is 6.35. The van der Waals surface area contributed by atoms with Crippen LogP contribution >= 0.6 is 0 Å². The number of hydrogen-bond acceptors (Lipinski definition) is 3. The summed E-state index contributed by atoms with van der Waals surface area (Å²) < 4.78 is 5.53. The molecule has 1 rings (SSSR count). The third-order valence-corrected chi connectivity index (χ3v) is 2.39. The topological polar surface area (TPSA) is 50.4 Å². The number of aryl methyl sites for hydroxylation is 1. The lowest BCUT2D eigenvalue weighted by Crippen LogP contribution is -2.36. The van der Waals surface area contributed by atoms with Gasteiger partial charge in [-0.2, -0.15) is 0 Å². The van der Waals surface area contributed by atoms with Crippen molar-refractivity contribution in [3.8, 4) is 5.75 Å². The molecule has 0 saturated carbocycles. The molecule has 4 nitrogen and oxygen atoms in total. The van der Waals surface area contributed by atoms with E-state index in [1.54, 1.807) is 0 Å². The number of carbonyl (C=O) groups excluding carboxylic acids is 1. The average Bonchev–Trinajstić information content (AvgIpc) is 2.35. The van der Waals surface area contributed by atoms with E-state index in [4.69, 9.17) is 4.74 Å². The molecule has 0 aliphatic carbocycles. The van der Waals surface area contributed by atoms with E-state index < -0.39 is 0 Å². The Kier molecular flexibility index (Phi) is 6.87. The second-order valence-electron chi connectivity index (χ2n) is 4.19. The van der Waals surface area contributed by atoms with Gasteiger partial charge in [0.2, 0.25) is 5.91 Å². The van der Waals surface area contributed by atoms with E-state index in [0.717, 1.165) is 18.7 Å². The zero-order chi connectivity index (χ0) is 13.2. The molecule has 1 amide bonds. The molecule has 0 saturated heterocycles. The van der Waals surface area contributed by atoms with Gasteiger partial charge in [-0.25, -0.2) is 0 Å². The molecule has 18 heavy (non-hydrogen) atoms. The van der Waals surface area contributed by atoms with Crippen LogP contribution in [0.3, 0.4) is 0 Å². The molecule has 0 spiro atoms. The van der Waals surface area contributed by atoms with Crippen LogP contribution in [0.4, 0.5) is 0 Å². The maximum absolute atomic E-state index is 11.4. The highest BCUT2D eigenvalue weighted by Gasteiger charge is 1.99. The molecule has 0 aliphatic rings. The summed E-state index contributed by atoms with van der Waals surface area (Å²) in [6, 6.07) is 7.87. The lowest BCUT2D eigenvalue weighted by atomic mass is 10.2. The van der Waals surface area contributed by atoms with Crippen LogP contribution < -0.4 is 15.4 Å². The summed E-state index contributed by atoms with van der Waals surface area (Å²) in [4.78, 5) is 11.4. The number of benzene rings is 1. The van der Waals surface area contributed by atoms with E-state index in [0.29, 0.717) is 19.7 Å². The fourth-order valence-electron chi connectivity index (χ4n) is 1.51. The first-order chi connectivity index (χ1) is 8.72. The number of nitrogens with one attached hydrogen (secondary N) is 2. The number of amides is 1. The van der Waals surface area contributed by atoms with E-state index >= 15 is 0 Å². The van der Waals surface area contributed by atoms with Crippen molar-refractivity contribution in [2.75, 3.05) is 26.2 Å². The monoisotopic (exact) mass is 250 g/mol. The van der Waals surface area contributed by atoms with Crippen LogP contribution in [-0.2, 0) is 4.79 Å². The Morgan fingerprint density at radius 1 is 1.33 bits per heavy atom. The molecule has 0 aromatic heterocycles. The van der Waals surface area contributed by atoms with Crippen LogP contribution in [0.15, 0.2) is 24.3 Å². The zero-order valence-electron chi connectivity index (χ0n) is 11.2. The molecule has 0 heterocycles. The van der Waals surface area contributed by atoms with E-state index in [9.17, 15) is 4.79 Å². The number of carbonyl (C=O) groups is 1. The van der Waals surface area contributed by atoms with Crippen LogP contribution in [0.1, 0.15) is 18.9 Å². The Morgan fingerprint density at radius 2 is 2.17 bits per heavy atom. The summed E-state index contributed by atoms with van der Waals surface area (Å²) in [7, 11) is 0. The highest BCUT2D eigenvalue weighted by atomic mass is 16.5. The Labute approximate surface area is 109 Å². The first-order valence-electron chi connectivity index (χ1n) is 6.39. The van der Waals surface area contributed by atoms with Gasteiger partial charge in [0.25, 0.3) is 0 Å². The van der Waals surface area contributed by atoms with Gasteiger partial charge in [-0.05, 0) is 37.6 Å². The van der Waals surface area contributed by atoms with Crippen LogP contribution in [-0.4, -0.2) is 32.1 Å². The van der Waals surface area contributed by atoms with Crippen molar-refractivity contribution in [2.24, 2.45) is 0 Å². The van der Waals surface area contributed by atoms with Crippen molar-refractivity contribution in [3.63, 3.8) is 0 Å². The van der Waals surface area contributed by atoms with Crippen molar-refractivity contribution in [2.45, 2.75) is 20.3 Å². The highest BCUT2D eigenvalue weighted by Crippen LogP contribution is 2.11. The van der Waals surface area contributed by atoms with Gasteiger partial charge in [0.05, 0.1) is 13.1 Å². The molecule has 0 radical (unpaired) electrons. The summed E-state index contributed by atoms with van der Waals surface area (Å²) in [5.41, 5.74) is 1.17. The Morgan fingerprint density at radius 3 is 2.89 bits per heavy atom. The average molecular weight is 250 g/mol. The van der Waals surface area contributed by atoms with Gasteiger partial charge in [0, 0.05) is 0 Å². The van der Waals surface area contributed by atoms with Gasteiger partial charge in [-0.3, -0.25) is 4.79 Å². The molecular weight excluding hydrogens is 228 g/mol. The number of rotatable bonds is 8. The summed E-state index contributed by atoms with van der Waals surface area (Å²) in [5, 5.41) is 5.85. The second-order valence-corrected chi connectivity index (χ2v) is 4.19. The van der Waals surface area contributed by atoms with E-state index in [-0.39, 0.29) is 5.91 Å². The molecule has 0 aliphatic heterocycles. The van der Waals surface area contributed by atoms with Crippen molar-refractivity contribution in [1.29, 1.82) is 0 Å². The second kappa shape index (κ2) is 8.53. The quantitative estimate of drug-likeness (QED) is 0.687. The lowest BCUT2D eigenvalue weighted by Gasteiger charge is -2.08. The Hall–Kier alpha value is -1.55. The predicted molar refractivity (Wildman–Crippen MR) is 72.8 cm³/mol. The minimum atomic E-state index is 0.0105. The minimum absolute atomic E-state index is 0.0105. The third kappa shape index (κ3) is 6.25. The Balaban J connectivity index is 2.09. The summed E-state index contributed by atoms with van der Waals surface area (Å²) in [6.07, 6.45) is 1.03. The van der Waals surface area contributed by atoms with Crippen molar-refractivity contribution >= 4 is 5.91 Å². The fraction of sp³-hybridized carbons (Fsp3) is 0.500. The van der Waals surface area contributed by atoms with E-state index in [1.165, 1.54) is 5.56 Å². The van der Waals surface area contributed by atoms with Gasteiger partial charge >= 0.3 is 0 Å². The molecular formula is C14H22N2O2. The van der Waals surface area contributed by atoms with Crippen LogP contribution in [0.2, 0.25) is 0 Å². The predicted octanol–water partition coefficient (Wildman–Crippen LogP) is 1.49.